The molecular formula is C17H21ClN2O4. The van der Waals surface area contributed by atoms with Gasteiger partial charge in [0.25, 0.3) is 5.91 Å². The van der Waals surface area contributed by atoms with E-state index < -0.39 is 5.97 Å². The Morgan fingerprint density at radius 2 is 1.92 bits per heavy atom. The molecule has 0 bridgehead atoms. The number of hydrogen-bond donors (Lipinski definition) is 1. The van der Waals surface area contributed by atoms with Crippen molar-refractivity contribution in [1.82, 2.24) is 10.2 Å². The number of amides is 2. The number of carbonyl (C=O) groups is 3. The van der Waals surface area contributed by atoms with Gasteiger partial charge in [0.05, 0.1) is 0 Å². The molecular weight excluding hydrogens is 332 g/mol. The molecule has 0 unspecified atom stereocenters. The van der Waals surface area contributed by atoms with Crippen LogP contribution in [-0.2, 0) is 25.7 Å². The van der Waals surface area contributed by atoms with Gasteiger partial charge in [0.2, 0.25) is 5.91 Å². The summed E-state index contributed by atoms with van der Waals surface area (Å²) >= 11 is 5.79. The monoisotopic (exact) mass is 352 g/mol. The van der Waals surface area contributed by atoms with Crippen LogP contribution in [0.15, 0.2) is 24.3 Å². The first-order valence-corrected chi connectivity index (χ1v) is 8.37. The van der Waals surface area contributed by atoms with Crippen LogP contribution in [0.4, 0.5) is 0 Å². The Bertz CT molecular complexity index is 589. The first-order chi connectivity index (χ1) is 11.5. The zero-order valence-electron chi connectivity index (χ0n) is 13.4. The highest BCUT2D eigenvalue weighted by molar-refractivity contribution is 6.30. The Morgan fingerprint density at radius 3 is 2.67 bits per heavy atom. The minimum Gasteiger partial charge on any atom is -0.454 e. The summed E-state index contributed by atoms with van der Waals surface area (Å²) in [5.74, 6) is -0.982. The van der Waals surface area contributed by atoms with E-state index in [2.05, 4.69) is 5.32 Å². The van der Waals surface area contributed by atoms with Crippen LogP contribution in [0, 0.1) is 0 Å². The molecule has 2 rings (SSSR count). The number of hydrogen-bond acceptors (Lipinski definition) is 4. The van der Waals surface area contributed by atoms with Gasteiger partial charge in [-0.15, -0.1) is 0 Å². The molecule has 7 heteroatoms. The summed E-state index contributed by atoms with van der Waals surface area (Å²) in [7, 11) is 0. The van der Waals surface area contributed by atoms with Crippen molar-refractivity contribution in [2.45, 2.75) is 32.2 Å². The molecule has 6 nitrogen and oxygen atoms in total. The lowest BCUT2D eigenvalue weighted by Crippen LogP contribution is -2.37. The summed E-state index contributed by atoms with van der Waals surface area (Å²) in [4.78, 5) is 36.8. The third-order valence-corrected chi connectivity index (χ3v) is 4.01. The fraction of sp³-hybridized carbons (Fsp3) is 0.471. The highest BCUT2D eigenvalue weighted by Gasteiger charge is 2.20. The van der Waals surface area contributed by atoms with Crippen molar-refractivity contribution in [3.8, 4) is 0 Å². The number of nitrogens with zero attached hydrogens (tertiary/aromatic N) is 1. The number of carbonyl (C=O) groups excluding carboxylic acids is 3. The third-order valence-electron chi connectivity index (χ3n) is 3.76. The van der Waals surface area contributed by atoms with E-state index in [1.807, 2.05) is 0 Å². The maximum absolute atomic E-state index is 11.8. The molecule has 1 fully saturated rings. The van der Waals surface area contributed by atoms with Gasteiger partial charge in [-0.1, -0.05) is 30.2 Å². The average molecular weight is 353 g/mol. The number of halogens is 1. The molecule has 1 aromatic carbocycles. The van der Waals surface area contributed by atoms with Crippen molar-refractivity contribution >= 4 is 29.4 Å². The van der Waals surface area contributed by atoms with Gasteiger partial charge in [0.15, 0.2) is 6.61 Å². The lowest BCUT2D eigenvalue weighted by atomic mass is 10.2. The van der Waals surface area contributed by atoms with E-state index in [-0.39, 0.29) is 25.0 Å². The van der Waals surface area contributed by atoms with E-state index in [0.717, 1.165) is 24.8 Å². The number of rotatable bonds is 6. The smallest absolute Gasteiger partial charge is 0.326 e. The third kappa shape index (κ3) is 6.20. The highest BCUT2D eigenvalue weighted by Crippen LogP contribution is 2.11. The largest absolute Gasteiger partial charge is 0.454 e. The number of likely N-dealkylation sites (tertiary alicyclic amines) is 1. The van der Waals surface area contributed by atoms with E-state index in [1.54, 1.807) is 24.3 Å². The molecule has 0 saturated carbocycles. The average Bonchev–Trinajstić information content (AvgIpc) is 2.77. The van der Waals surface area contributed by atoms with E-state index in [0.29, 0.717) is 24.5 Å². The lowest BCUT2D eigenvalue weighted by molar-refractivity contribution is -0.152. The summed E-state index contributed by atoms with van der Waals surface area (Å²) in [5, 5.41) is 3.28. The van der Waals surface area contributed by atoms with Crippen LogP contribution < -0.4 is 5.32 Å². The Balaban J connectivity index is 1.67. The maximum atomic E-state index is 11.8. The molecule has 24 heavy (non-hydrogen) atoms. The topological polar surface area (TPSA) is 75.7 Å². The number of esters is 1. The quantitative estimate of drug-likeness (QED) is 0.793. The Hall–Kier alpha value is -2.08. The molecule has 2 amide bonds. The van der Waals surface area contributed by atoms with Crippen molar-refractivity contribution in [3.05, 3.63) is 34.9 Å². The standard InChI is InChI=1S/C17H21ClN2O4/c18-14-7-5-13(6-8-14)10-19-15(21)12-24-17(23)11-20-9-3-1-2-4-16(20)22/h5-8H,1-4,9-12H2,(H,19,21). The maximum Gasteiger partial charge on any atom is 0.326 e. The minimum absolute atomic E-state index is 0.0309. The fourth-order valence-corrected chi connectivity index (χ4v) is 2.53. The Morgan fingerprint density at radius 1 is 1.17 bits per heavy atom. The van der Waals surface area contributed by atoms with Crippen molar-refractivity contribution in [2.24, 2.45) is 0 Å². The predicted octanol–water partition coefficient (Wildman–Crippen LogP) is 1.90. The molecule has 130 valence electrons. The molecule has 1 aromatic rings. The van der Waals surface area contributed by atoms with Crippen LogP contribution in [0.25, 0.3) is 0 Å². The van der Waals surface area contributed by atoms with Gasteiger partial charge in [-0.2, -0.15) is 0 Å². The second kappa shape index (κ2) is 9.27. The summed E-state index contributed by atoms with van der Waals surface area (Å²) < 4.78 is 4.94. The van der Waals surface area contributed by atoms with Crippen LogP contribution >= 0.6 is 11.6 Å². The molecule has 0 atom stereocenters. The zero-order chi connectivity index (χ0) is 17.4. The van der Waals surface area contributed by atoms with Crippen molar-refractivity contribution in [3.63, 3.8) is 0 Å². The van der Waals surface area contributed by atoms with Gasteiger partial charge < -0.3 is 15.0 Å². The van der Waals surface area contributed by atoms with Crippen LogP contribution in [0.1, 0.15) is 31.2 Å². The second-order valence-electron chi connectivity index (χ2n) is 5.69. The van der Waals surface area contributed by atoms with Crippen LogP contribution in [-0.4, -0.2) is 42.4 Å². The van der Waals surface area contributed by atoms with Crippen LogP contribution in [0.3, 0.4) is 0 Å². The van der Waals surface area contributed by atoms with Gasteiger partial charge in [-0.3, -0.25) is 14.4 Å². The fourth-order valence-electron chi connectivity index (χ4n) is 2.41. The first-order valence-electron chi connectivity index (χ1n) is 7.99. The van der Waals surface area contributed by atoms with Gasteiger partial charge in [0.1, 0.15) is 6.54 Å². The molecule has 1 aliphatic rings. The SMILES string of the molecule is O=C(COC(=O)CN1CCCCCC1=O)NCc1ccc(Cl)cc1. The van der Waals surface area contributed by atoms with E-state index in [4.69, 9.17) is 16.3 Å². The second-order valence-corrected chi connectivity index (χ2v) is 6.13. The van der Waals surface area contributed by atoms with Crippen LogP contribution in [0.5, 0.6) is 0 Å². The van der Waals surface area contributed by atoms with Crippen molar-refractivity contribution in [1.29, 1.82) is 0 Å². The molecule has 0 aromatic heterocycles. The zero-order valence-corrected chi connectivity index (χ0v) is 14.2. The van der Waals surface area contributed by atoms with Gasteiger partial charge in [-0.25, -0.2) is 0 Å². The van der Waals surface area contributed by atoms with E-state index >= 15 is 0 Å². The highest BCUT2D eigenvalue weighted by atomic mass is 35.5. The molecule has 0 radical (unpaired) electrons. The Labute approximate surface area is 146 Å². The van der Waals surface area contributed by atoms with E-state index in [9.17, 15) is 14.4 Å². The minimum atomic E-state index is -0.563. The Kier molecular flexibility index (Phi) is 7.06. The van der Waals surface area contributed by atoms with Gasteiger partial charge in [0, 0.05) is 24.5 Å². The van der Waals surface area contributed by atoms with Crippen LogP contribution in [0.2, 0.25) is 5.02 Å². The molecule has 1 aliphatic heterocycles. The lowest BCUT2D eigenvalue weighted by Gasteiger charge is -2.19. The molecule has 1 N–H and O–H groups in total. The summed E-state index contributed by atoms with van der Waals surface area (Å²) in [6, 6.07) is 7.09. The molecule has 1 heterocycles. The molecule has 1 saturated heterocycles. The summed E-state index contributed by atoms with van der Waals surface area (Å²) in [6.45, 7) is 0.451. The summed E-state index contributed by atoms with van der Waals surface area (Å²) in [6.07, 6.45) is 3.21. The van der Waals surface area contributed by atoms with Crippen molar-refractivity contribution in [2.75, 3.05) is 19.7 Å². The van der Waals surface area contributed by atoms with E-state index in [1.165, 1.54) is 4.90 Å². The number of benzene rings is 1. The normalized spacial score (nSPS) is 14.9. The number of nitrogens with one attached hydrogen (secondary N) is 1. The van der Waals surface area contributed by atoms with Gasteiger partial charge >= 0.3 is 5.97 Å². The van der Waals surface area contributed by atoms with Gasteiger partial charge in [-0.05, 0) is 30.5 Å². The van der Waals surface area contributed by atoms with Crippen molar-refractivity contribution < 1.29 is 19.1 Å². The summed E-state index contributed by atoms with van der Waals surface area (Å²) in [5.41, 5.74) is 0.897. The number of ether oxygens (including phenoxy) is 1. The molecule has 0 spiro atoms. The predicted molar refractivity (Wildman–Crippen MR) is 89.3 cm³/mol. The first kappa shape index (κ1) is 18.3. The molecule has 0 aliphatic carbocycles.